The summed E-state index contributed by atoms with van der Waals surface area (Å²) in [5.41, 5.74) is 6.54. The van der Waals surface area contributed by atoms with Crippen molar-refractivity contribution < 1.29 is 13.2 Å². The quantitative estimate of drug-likeness (QED) is 0.291. The van der Waals surface area contributed by atoms with E-state index in [9.17, 15) is 13.2 Å². The van der Waals surface area contributed by atoms with Gasteiger partial charge >= 0.3 is 5.69 Å². The zero-order valence-corrected chi connectivity index (χ0v) is 25.1. The van der Waals surface area contributed by atoms with Crippen molar-refractivity contribution in [2.75, 3.05) is 39.4 Å². The average Bonchev–Trinajstić information content (AvgIpc) is 3.66. The lowest BCUT2D eigenvalue weighted by atomic mass is 10.1. The number of nitrogens with one attached hydrogen (secondary N) is 2. The molecule has 0 spiro atoms. The van der Waals surface area contributed by atoms with Crippen LogP contribution in [0.3, 0.4) is 0 Å². The van der Waals surface area contributed by atoms with Gasteiger partial charge in [0.25, 0.3) is 0 Å². The van der Waals surface area contributed by atoms with Gasteiger partial charge in [0.15, 0.2) is 0 Å². The van der Waals surface area contributed by atoms with Crippen LogP contribution in [-0.2, 0) is 28.9 Å². The summed E-state index contributed by atoms with van der Waals surface area (Å²) < 4.78 is 40.2. The monoisotopic (exact) mass is 599 g/mol. The van der Waals surface area contributed by atoms with Gasteiger partial charge in [-0.25, -0.2) is 22.9 Å². The fourth-order valence-corrected chi connectivity index (χ4v) is 7.01. The Balaban J connectivity index is 1.37. The Kier molecular flexibility index (Phi) is 6.73. The largest absolute Gasteiger partial charge is 0.379 e. The molecule has 4 heterocycles. The van der Waals surface area contributed by atoms with Crippen molar-refractivity contribution in [1.29, 1.82) is 0 Å². The molecule has 0 radical (unpaired) electrons. The predicted octanol–water partition coefficient (Wildman–Crippen LogP) is 3.28. The number of imidazole rings is 2. The molecule has 1 aliphatic rings. The molecule has 6 aromatic rings. The summed E-state index contributed by atoms with van der Waals surface area (Å²) in [5, 5.41) is 1.01. The maximum atomic E-state index is 13.4. The third-order valence-corrected chi connectivity index (χ3v) is 9.81. The number of nitrogens with zero attached hydrogens (tertiary/aromatic N) is 5. The molecule has 1 fully saturated rings. The maximum Gasteiger partial charge on any atom is 0.328 e. The van der Waals surface area contributed by atoms with E-state index in [1.165, 1.54) is 0 Å². The van der Waals surface area contributed by atoms with Gasteiger partial charge in [0, 0.05) is 68.6 Å². The molecule has 43 heavy (non-hydrogen) atoms. The van der Waals surface area contributed by atoms with E-state index in [1.807, 2.05) is 35.9 Å². The molecule has 2 N–H and O–H groups in total. The second-order valence-corrected chi connectivity index (χ2v) is 12.9. The lowest BCUT2D eigenvalue weighted by Crippen LogP contribution is -2.41. The van der Waals surface area contributed by atoms with Crippen molar-refractivity contribution in [1.82, 2.24) is 33.3 Å². The number of morpholine rings is 1. The summed E-state index contributed by atoms with van der Waals surface area (Å²) in [5.74, 6) is 0.667. The van der Waals surface area contributed by atoms with E-state index in [4.69, 9.17) is 9.72 Å². The number of sulfonamides is 1. The first kappa shape index (κ1) is 27.6. The summed E-state index contributed by atoms with van der Waals surface area (Å²) in [6.07, 6.45) is 1.93. The highest BCUT2D eigenvalue weighted by Gasteiger charge is 2.22. The number of ether oxygens (including phenoxy) is 1. The van der Waals surface area contributed by atoms with Crippen LogP contribution < -0.4 is 10.4 Å². The van der Waals surface area contributed by atoms with Crippen LogP contribution in [0, 0.1) is 6.92 Å². The van der Waals surface area contributed by atoms with Gasteiger partial charge in [0.05, 0.1) is 40.2 Å². The molecule has 3 aromatic carbocycles. The molecule has 222 valence electrons. The Bertz CT molecular complexity index is 2180. The smallest absolute Gasteiger partial charge is 0.328 e. The summed E-state index contributed by atoms with van der Waals surface area (Å²) in [6.45, 7) is 5.87. The van der Waals surface area contributed by atoms with Crippen LogP contribution in [0.4, 0.5) is 0 Å². The topological polar surface area (TPSA) is 119 Å². The number of fused-ring (bicyclic) bond motifs is 3. The fraction of sp³-hybridized carbons (Fsp3) is 0.290. The molecule has 1 saturated heterocycles. The Hall–Kier alpha value is -4.23. The molecule has 3 aromatic heterocycles. The number of benzene rings is 3. The second-order valence-electron chi connectivity index (χ2n) is 11.1. The van der Waals surface area contributed by atoms with Gasteiger partial charge in [0.2, 0.25) is 10.0 Å². The Labute approximate surface area is 248 Å². The van der Waals surface area contributed by atoms with Gasteiger partial charge in [-0.05, 0) is 55.0 Å². The van der Waals surface area contributed by atoms with Crippen molar-refractivity contribution in [2.45, 2.75) is 11.8 Å². The van der Waals surface area contributed by atoms with Gasteiger partial charge in [-0.15, -0.1) is 0 Å². The summed E-state index contributed by atoms with van der Waals surface area (Å²) in [4.78, 5) is 23.4. The molecule has 1 aliphatic heterocycles. The highest BCUT2D eigenvalue weighted by atomic mass is 32.2. The minimum Gasteiger partial charge on any atom is -0.379 e. The molecule has 0 amide bonds. The van der Waals surface area contributed by atoms with Gasteiger partial charge < -0.3 is 9.72 Å². The average molecular weight is 600 g/mol. The van der Waals surface area contributed by atoms with E-state index < -0.39 is 10.0 Å². The van der Waals surface area contributed by atoms with Gasteiger partial charge in [-0.1, -0.05) is 12.1 Å². The SMILES string of the molecule is Cc1ccc2c(-c3nc4ccc(S(=O)(=O)NCCN5CCOCC5)cc4n3-c3ccc4c(c3)n(C)c(=O)n4C)c[nH]c2c1. The zero-order chi connectivity index (χ0) is 29.9. The van der Waals surface area contributed by atoms with Crippen LogP contribution in [0.2, 0.25) is 0 Å². The third kappa shape index (κ3) is 4.76. The lowest BCUT2D eigenvalue weighted by molar-refractivity contribution is 0.0390. The van der Waals surface area contributed by atoms with Gasteiger partial charge in [-0.2, -0.15) is 0 Å². The molecular weight excluding hydrogens is 566 g/mol. The number of rotatable bonds is 7. The van der Waals surface area contributed by atoms with Gasteiger partial charge in [-0.3, -0.25) is 18.6 Å². The minimum absolute atomic E-state index is 0.119. The first-order valence-electron chi connectivity index (χ1n) is 14.3. The van der Waals surface area contributed by atoms with Crippen molar-refractivity contribution in [3.05, 3.63) is 76.8 Å². The fourth-order valence-electron chi connectivity index (χ4n) is 5.97. The van der Waals surface area contributed by atoms with Gasteiger partial charge in [0.1, 0.15) is 5.82 Å². The lowest BCUT2D eigenvalue weighted by Gasteiger charge is -2.26. The molecule has 0 bridgehead atoms. The third-order valence-electron chi connectivity index (χ3n) is 8.35. The zero-order valence-electron chi connectivity index (χ0n) is 24.3. The minimum atomic E-state index is -3.78. The molecule has 0 atom stereocenters. The molecule has 0 aliphatic carbocycles. The summed E-state index contributed by atoms with van der Waals surface area (Å²) in [6, 6.07) is 17.0. The highest BCUT2D eigenvalue weighted by molar-refractivity contribution is 7.89. The van der Waals surface area contributed by atoms with E-state index in [1.54, 1.807) is 41.4 Å². The summed E-state index contributed by atoms with van der Waals surface area (Å²) in [7, 11) is -0.287. The van der Waals surface area contributed by atoms with Crippen LogP contribution in [0.5, 0.6) is 0 Å². The van der Waals surface area contributed by atoms with Crippen LogP contribution in [0.25, 0.3) is 50.0 Å². The second kappa shape index (κ2) is 10.5. The number of aromatic amines is 1. The Morgan fingerprint density at radius 1 is 0.953 bits per heavy atom. The molecule has 7 rings (SSSR count). The van der Waals surface area contributed by atoms with E-state index >= 15 is 0 Å². The standard InChI is InChI=1S/C31H33N7O4S/c1-20-4-7-23-24(19-32-26(23)16-20)30-34-25-8-6-22(43(40,41)33-10-11-37-12-14-42-15-13-37)18-28(25)38(30)21-5-9-27-29(17-21)36(3)31(39)35(27)2/h4-9,16-19,32-33H,10-15H2,1-3H3. The van der Waals surface area contributed by atoms with Crippen LogP contribution in [0.1, 0.15) is 5.56 Å². The molecule has 12 heteroatoms. The number of hydrogen-bond donors (Lipinski definition) is 2. The van der Waals surface area contributed by atoms with Crippen molar-refractivity contribution in [3.8, 4) is 17.1 Å². The normalized spacial score (nSPS) is 14.9. The predicted molar refractivity (Wildman–Crippen MR) is 167 cm³/mol. The van der Waals surface area contributed by atoms with E-state index in [2.05, 4.69) is 32.8 Å². The van der Waals surface area contributed by atoms with E-state index in [-0.39, 0.29) is 10.6 Å². The Morgan fingerprint density at radius 3 is 2.56 bits per heavy atom. The highest BCUT2D eigenvalue weighted by Crippen LogP contribution is 2.35. The first-order valence-corrected chi connectivity index (χ1v) is 15.8. The first-order chi connectivity index (χ1) is 20.7. The molecule has 11 nitrogen and oxygen atoms in total. The number of H-pyrrole nitrogens is 1. The van der Waals surface area contributed by atoms with Crippen LogP contribution in [0.15, 0.2) is 70.5 Å². The Morgan fingerprint density at radius 2 is 1.74 bits per heavy atom. The van der Waals surface area contributed by atoms with Crippen molar-refractivity contribution >= 4 is 43.0 Å². The maximum absolute atomic E-state index is 13.4. The van der Waals surface area contributed by atoms with Crippen molar-refractivity contribution in [3.63, 3.8) is 0 Å². The van der Waals surface area contributed by atoms with E-state index in [0.29, 0.717) is 43.2 Å². The summed E-state index contributed by atoms with van der Waals surface area (Å²) >= 11 is 0. The van der Waals surface area contributed by atoms with Crippen LogP contribution >= 0.6 is 0 Å². The van der Waals surface area contributed by atoms with Crippen LogP contribution in [-0.4, -0.2) is 76.4 Å². The number of aryl methyl sites for hydroxylation is 3. The van der Waals surface area contributed by atoms with E-state index in [0.717, 1.165) is 51.8 Å². The molecule has 0 unspecified atom stereocenters. The molecular formula is C31H33N7O4S. The molecule has 0 saturated carbocycles. The van der Waals surface area contributed by atoms with Crippen molar-refractivity contribution in [2.24, 2.45) is 14.1 Å². The number of aromatic nitrogens is 5. The number of hydrogen-bond acceptors (Lipinski definition) is 6.